The fraction of sp³-hybridized carbons (Fsp3) is 1.00. The van der Waals surface area contributed by atoms with Crippen LogP contribution >= 0.6 is 0 Å². The summed E-state index contributed by atoms with van der Waals surface area (Å²) in [5.41, 5.74) is 1.18. The number of hydrogen-bond acceptors (Lipinski definition) is 1. The Morgan fingerprint density at radius 3 is 2.15 bits per heavy atom. The van der Waals surface area contributed by atoms with E-state index in [0.29, 0.717) is 11.0 Å². The summed E-state index contributed by atoms with van der Waals surface area (Å²) in [6, 6.07) is 0.829. The molecule has 0 aliphatic heterocycles. The van der Waals surface area contributed by atoms with Gasteiger partial charge in [0.05, 0.1) is 0 Å². The summed E-state index contributed by atoms with van der Waals surface area (Å²) in [4.78, 5) is 0. The molecule has 0 spiro atoms. The quantitative estimate of drug-likeness (QED) is 0.705. The summed E-state index contributed by atoms with van der Waals surface area (Å²) in [5, 5.41) is 3.87. The molecule has 1 N–H and O–H groups in total. The standard InChI is InChI=1S/C12H23N/c1-4-12(6-5-7-12)13-10-8-11(2,3)9-10/h10,13H,4-9H2,1-3H3. The highest BCUT2D eigenvalue weighted by Gasteiger charge is 2.42. The van der Waals surface area contributed by atoms with Crippen LogP contribution in [0.5, 0.6) is 0 Å². The van der Waals surface area contributed by atoms with Crippen LogP contribution < -0.4 is 5.32 Å². The van der Waals surface area contributed by atoms with Crippen LogP contribution in [0.4, 0.5) is 0 Å². The van der Waals surface area contributed by atoms with Gasteiger partial charge in [0.1, 0.15) is 0 Å². The van der Waals surface area contributed by atoms with Gasteiger partial charge in [-0.2, -0.15) is 0 Å². The second kappa shape index (κ2) is 2.98. The van der Waals surface area contributed by atoms with Crippen molar-refractivity contribution in [2.45, 2.75) is 70.9 Å². The molecule has 0 amide bonds. The minimum Gasteiger partial charge on any atom is -0.308 e. The first-order valence-corrected chi connectivity index (χ1v) is 5.83. The van der Waals surface area contributed by atoms with Crippen LogP contribution in [-0.4, -0.2) is 11.6 Å². The van der Waals surface area contributed by atoms with E-state index in [2.05, 4.69) is 26.1 Å². The van der Waals surface area contributed by atoms with Crippen LogP contribution in [0.2, 0.25) is 0 Å². The van der Waals surface area contributed by atoms with Crippen molar-refractivity contribution in [2.75, 3.05) is 0 Å². The predicted molar refractivity (Wildman–Crippen MR) is 56.8 cm³/mol. The van der Waals surface area contributed by atoms with Gasteiger partial charge in [0.25, 0.3) is 0 Å². The molecule has 0 radical (unpaired) electrons. The van der Waals surface area contributed by atoms with E-state index < -0.39 is 0 Å². The zero-order valence-corrected chi connectivity index (χ0v) is 9.32. The normalized spacial score (nSPS) is 30.7. The largest absolute Gasteiger partial charge is 0.308 e. The van der Waals surface area contributed by atoms with E-state index in [1.54, 1.807) is 0 Å². The third kappa shape index (κ3) is 1.76. The average Bonchev–Trinajstić information content (AvgIpc) is 1.92. The maximum Gasteiger partial charge on any atom is 0.0181 e. The van der Waals surface area contributed by atoms with Crippen LogP contribution in [-0.2, 0) is 0 Å². The highest BCUT2D eigenvalue weighted by molar-refractivity contribution is 5.01. The summed E-state index contributed by atoms with van der Waals surface area (Å²) in [6.45, 7) is 7.09. The predicted octanol–water partition coefficient (Wildman–Crippen LogP) is 3.10. The number of nitrogens with one attached hydrogen (secondary N) is 1. The highest BCUT2D eigenvalue weighted by atomic mass is 15.0. The molecule has 2 fully saturated rings. The van der Waals surface area contributed by atoms with Crippen molar-refractivity contribution in [3.05, 3.63) is 0 Å². The van der Waals surface area contributed by atoms with E-state index >= 15 is 0 Å². The molecule has 0 aromatic rings. The van der Waals surface area contributed by atoms with Crippen molar-refractivity contribution < 1.29 is 0 Å². The first kappa shape index (κ1) is 9.51. The molecule has 13 heavy (non-hydrogen) atoms. The maximum atomic E-state index is 3.87. The fourth-order valence-electron chi connectivity index (χ4n) is 3.01. The van der Waals surface area contributed by atoms with Crippen LogP contribution in [0.1, 0.15) is 59.3 Å². The molecule has 2 rings (SSSR count). The molecule has 2 saturated carbocycles. The van der Waals surface area contributed by atoms with Gasteiger partial charge < -0.3 is 5.32 Å². The molecular weight excluding hydrogens is 158 g/mol. The van der Waals surface area contributed by atoms with Gasteiger partial charge in [0.2, 0.25) is 0 Å². The first-order chi connectivity index (χ1) is 6.05. The molecule has 1 heteroatoms. The topological polar surface area (TPSA) is 12.0 Å². The van der Waals surface area contributed by atoms with E-state index in [4.69, 9.17) is 0 Å². The van der Waals surface area contributed by atoms with Crippen LogP contribution in [0.3, 0.4) is 0 Å². The Balaban J connectivity index is 1.79. The average molecular weight is 181 g/mol. The van der Waals surface area contributed by atoms with Crippen LogP contribution in [0.15, 0.2) is 0 Å². The zero-order valence-electron chi connectivity index (χ0n) is 9.32. The van der Waals surface area contributed by atoms with Crippen molar-refractivity contribution in [2.24, 2.45) is 5.41 Å². The van der Waals surface area contributed by atoms with Gasteiger partial charge in [0.15, 0.2) is 0 Å². The molecule has 0 atom stereocenters. The molecule has 0 unspecified atom stereocenters. The van der Waals surface area contributed by atoms with Gasteiger partial charge in [0, 0.05) is 11.6 Å². The Bertz CT molecular complexity index is 178. The first-order valence-electron chi connectivity index (χ1n) is 5.83. The molecule has 76 valence electrons. The third-order valence-corrected chi connectivity index (χ3v) is 4.10. The smallest absolute Gasteiger partial charge is 0.0181 e. The van der Waals surface area contributed by atoms with E-state index in [1.807, 2.05) is 0 Å². The SMILES string of the molecule is CCC1(NC2CC(C)(C)C2)CCC1. The Morgan fingerprint density at radius 2 is 1.85 bits per heavy atom. The molecule has 0 bridgehead atoms. The molecule has 2 aliphatic carbocycles. The molecular formula is C12H23N. The molecule has 2 aliphatic rings. The Labute approximate surface area is 82.3 Å². The molecule has 0 aromatic carbocycles. The summed E-state index contributed by atoms with van der Waals surface area (Å²) >= 11 is 0. The lowest BCUT2D eigenvalue weighted by Crippen LogP contribution is -2.59. The van der Waals surface area contributed by atoms with Crippen molar-refractivity contribution in [3.63, 3.8) is 0 Å². The summed E-state index contributed by atoms with van der Waals surface area (Å²) in [7, 11) is 0. The molecule has 0 aromatic heterocycles. The van der Waals surface area contributed by atoms with Crippen molar-refractivity contribution in [1.29, 1.82) is 0 Å². The van der Waals surface area contributed by atoms with Gasteiger partial charge in [-0.1, -0.05) is 20.8 Å². The fourth-order valence-corrected chi connectivity index (χ4v) is 3.01. The lowest BCUT2D eigenvalue weighted by atomic mass is 9.66. The minimum atomic E-state index is 0.557. The van der Waals surface area contributed by atoms with E-state index in [0.717, 1.165) is 6.04 Å². The Kier molecular flexibility index (Phi) is 2.18. The molecule has 0 saturated heterocycles. The number of hydrogen-bond donors (Lipinski definition) is 1. The van der Waals surface area contributed by atoms with E-state index in [1.165, 1.54) is 38.5 Å². The Morgan fingerprint density at radius 1 is 1.23 bits per heavy atom. The van der Waals surface area contributed by atoms with Crippen molar-refractivity contribution >= 4 is 0 Å². The third-order valence-electron chi connectivity index (χ3n) is 4.10. The van der Waals surface area contributed by atoms with Gasteiger partial charge in [-0.05, 0) is 43.9 Å². The van der Waals surface area contributed by atoms with E-state index in [9.17, 15) is 0 Å². The maximum absolute atomic E-state index is 3.87. The minimum absolute atomic E-state index is 0.557. The van der Waals surface area contributed by atoms with Gasteiger partial charge in [-0.25, -0.2) is 0 Å². The number of rotatable bonds is 3. The summed E-state index contributed by atoms with van der Waals surface area (Å²) in [5.74, 6) is 0. The van der Waals surface area contributed by atoms with Crippen LogP contribution in [0, 0.1) is 5.41 Å². The monoisotopic (exact) mass is 181 g/mol. The van der Waals surface area contributed by atoms with Crippen LogP contribution in [0.25, 0.3) is 0 Å². The second-order valence-corrected chi connectivity index (χ2v) is 5.90. The van der Waals surface area contributed by atoms with Crippen molar-refractivity contribution in [1.82, 2.24) is 5.32 Å². The highest BCUT2D eigenvalue weighted by Crippen LogP contribution is 2.43. The molecule has 0 heterocycles. The lowest BCUT2D eigenvalue weighted by Gasteiger charge is -2.51. The lowest BCUT2D eigenvalue weighted by molar-refractivity contribution is 0.0612. The zero-order chi connectivity index (χ0) is 9.53. The van der Waals surface area contributed by atoms with E-state index in [-0.39, 0.29) is 0 Å². The second-order valence-electron chi connectivity index (χ2n) is 5.90. The molecule has 1 nitrogen and oxygen atoms in total. The Hall–Kier alpha value is -0.0400. The van der Waals surface area contributed by atoms with Gasteiger partial charge >= 0.3 is 0 Å². The van der Waals surface area contributed by atoms with Gasteiger partial charge in [-0.15, -0.1) is 0 Å². The van der Waals surface area contributed by atoms with Crippen molar-refractivity contribution in [3.8, 4) is 0 Å². The van der Waals surface area contributed by atoms with Gasteiger partial charge in [-0.3, -0.25) is 0 Å². The summed E-state index contributed by atoms with van der Waals surface area (Å²) < 4.78 is 0. The summed E-state index contributed by atoms with van der Waals surface area (Å²) in [6.07, 6.45) is 8.37.